The number of fused-ring (bicyclic) bond motifs is 1. The highest BCUT2D eigenvalue weighted by atomic mass is 16.5. The summed E-state index contributed by atoms with van der Waals surface area (Å²) >= 11 is 0. The molecule has 0 bridgehead atoms. The molecule has 2 aliphatic heterocycles. The van der Waals surface area contributed by atoms with Crippen LogP contribution in [0.2, 0.25) is 0 Å². The third-order valence-corrected chi connectivity index (χ3v) is 5.20. The normalized spacial score (nSPS) is 22.8. The number of para-hydroxylation sites is 1. The first-order valence-electron chi connectivity index (χ1n) is 8.86. The molecule has 24 heavy (non-hydrogen) atoms. The van der Waals surface area contributed by atoms with Crippen LogP contribution in [-0.4, -0.2) is 30.0 Å². The minimum atomic E-state index is -0.0451. The van der Waals surface area contributed by atoms with Crippen LogP contribution in [0.4, 0.5) is 0 Å². The largest absolute Gasteiger partial charge is 0.492 e. The first-order chi connectivity index (χ1) is 11.8. The lowest BCUT2D eigenvalue weighted by atomic mass is 9.94. The Hall–Kier alpha value is -2.29. The number of carbonyl (C=O) groups excluding carboxylic acids is 1. The smallest absolute Gasteiger partial charge is 0.229 e. The number of amides is 1. The van der Waals surface area contributed by atoms with E-state index in [4.69, 9.17) is 4.74 Å². The Morgan fingerprint density at radius 2 is 1.88 bits per heavy atom. The summed E-state index contributed by atoms with van der Waals surface area (Å²) < 4.78 is 5.82. The highest BCUT2D eigenvalue weighted by Gasteiger charge is 2.35. The number of ether oxygens (including phenoxy) is 1. The van der Waals surface area contributed by atoms with E-state index in [2.05, 4.69) is 35.2 Å². The summed E-state index contributed by atoms with van der Waals surface area (Å²) in [4.78, 5) is 15.2. The van der Waals surface area contributed by atoms with Gasteiger partial charge in [0.25, 0.3) is 0 Å². The Bertz CT molecular complexity index is 713. The quantitative estimate of drug-likeness (QED) is 0.866. The molecule has 2 heterocycles. The van der Waals surface area contributed by atoms with Crippen LogP contribution in [0.25, 0.3) is 0 Å². The van der Waals surface area contributed by atoms with Gasteiger partial charge in [-0.15, -0.1) is 0 Å². The summed E-state index contributed by atoms with van der Waals surface area (Å²) in [6.45, 7) is 1.39. The molecule has 3 nitrogen and oxygen atoms in total. The van der Waals surface area contributed by atoms with E-state index in [0.29, 0.717) is 12.6 Å². The summed E-state index contributed by atoms with van der Waals surface area (Å²) in [6.07, 6.45) is 3.96. The monoisotopic (exact) mass is 321 g/mol. The van der Waals surface area contributed by atoms with Crippen molar-refractivity contribution in [2.24, 2.45) is 5.92 Å². The van der Waals surface area contributed by atoms with Crippen molar-refractivity contribution in [3.05, 3.63) is 65.7 Å². The van der Waals surface area contributed by atoms with E-state index in [1.165, 1.54) is 5.56 Å². The van der Waals surface area contributed by atoms with Gasteiger partial charge in [-0.3, -0.25) is 4.79 Å². The zero-order chi connectivity index (χ0) is 16.4. The van der Waals surface area contributed by atoms with E-state index >= 15 is 0 Å². The molecule has 1 saturated heterocycles. The predicted molar refractivity (Wildman–Crippen MR) is 94.0 cm³/mol. The van der Waals surface area contributed by atoms with Crippen LogP contribution in [-0.2, 0) is 17.6 Å². The lowest BCUT2D eigenvalue weighted by molar-refractivity contribution is -0.137. The molecule has 124 valence electrons. The molecule has 2 aromatic carbocycles. The van der Waals surface area contributed by atoms with Crippen LogP contribution < -0.4 is 4.74 Å². The van der Waals surface area contributed by atoms with E-state index < -0.39 is 0 Å². The Morgan fingerprint density at radius 1 is 1.08 bits per heavy atom. The van der Waals surface area contributed by atoms with Crippen LogP contribution >= 0.6 is 0 Å². The van der Waals surface area contributed by atoms with Gasteiger partial charge in [0.2, 0.25) is 5.91 Å². The van der Waals surface area contributed by atoms with Crippen molar-refractivity contribution >= 4 is 5.91 Å². The maximum absolute atomic E-state index is 13.1. The second kappa shape index (κ2) is 6.68. The summed E-state index contributed by atoms with van der Waals surface area (Å²) in [7, 11) is 0. The van der Waals surface area contributed by atoms with Crippen LogP contribution in [0.3, 0.4) is 0 Å². The van der Waals surface area contributed by atoms with Gasteiger partial charge in [0.15, 0.2) is 0 Å². The van der Waals surface area contributed by atoms with Crippen molar-refractivity contribution < 1.29 is 9.53 Å². The van der Waals surface area contributed by atoms with E-state index in [0.717, 1.165) is 43.5 Å². The van der Waals surface area contributed by atoms with Crippen molar-refractivity contribution in [2.45, 2.75) is 31.7 Å². The van der Waals surface area contributed by atoms with Gasteiger partial charge < -0.3 is 9.64 Å². The molecule has 0 aromatic heterocycles. The maximum Gasteiger partial charge on any atom is 0.229 e. The molecule has 1 amide bonds. The van der Waals surface area contributed by atoms with Crippen molar-refractivity contribution in [1.29, 1.82) is 0 Å². The van der Waals surface area contributed by atoms with Crippen LogP contribution in [0.15, 0.2) is 54.6 Å². The van der Waals surface area contributed by atoms with E-state index in [9.17, 15) is 4.79 Å². The first kappa shape index (κ1) is 15.3. The van der Waals surface area contributed by atoms with Crippen molar-refractivity contribution in [3.8, 4) is 5.75 Å². The molecule has 2 unspecified atom stereocenters. The first-order valence-corrected chi connectivity index (χ1v) is 8.86. The maximum atomic E-state index is 13.1. The fourth-order valence-electron chi connectivity index (χ4n) is 3.95. The Morgan fingerprint density at radius 3 is 2.75 bits per heavy atom. The molecule has 0 N–H and O–H groups in total. The third-order valence-electron chi connectivity index (χ3n) is 5.20. The van der Waals surface area contributed by atoms with Crippen molar-refractivity contribution in [2.75, 3.05) is 13.2 Å². The van der Waals surface area contributed by atoms with Crippen molar-refractivity contribution in [3.63, 3.8) is 0 Å². The molecular formula is C21H23NO2. The SMILES string of the molecule is O=C(C1COc2ccccc2C1)N1CCCC1Cc1ccccc1. The molecule has 0 radical (unpaired) electrons. The van der Waals surface area contributed by atoms with Gasteiger partial charge in [0, 0.05) is 12.6 Å². The van der Waals surface area contributed by atoms with E-state index in [-0.39, 0.29) is 11.8 Å². The zero-order valence-electron chi connectivity index (χ0n) is 13.9. The van der Waals surface area contributed by atoms with Gasteiger partial charge >= 0.3 is 0 Å². The molecule has 4 rings (SSSR count). The summed E-state index contributed by atoms with van der Waals surface area (Å²) in [5, 5.41) is 0. The number of carbonyl (C=O) groups is 1. The Labute approximate surface area is 143 Å². The average Bonchev–Trinajstić information content (AvgIpc) is 3.09. The second-order valence-electron chi connectivity index (χ2n) is 6.84. The molecule has 0 saturated carbocycles. The molecule has 2 atom stereocenters. The standard InChI is InChI=1S/C21H23NO2/c23-21(18-14-17-9-4-5-11-20(17)24-15-18)22-12-6-10-19(22)13-16-7-2-1-3-8-16/h1-5,7-9,11,18-19H,6,10,12-15H2. The zero-order valence-corrected chi connectivity index (χ0v) is 13.9. The molecule has 0 aliphatic carbocycles. The number of likely N-dealkylation sites (tertiary alicyclic amines) is 1. The summed E-state index contributed by atoms with van der Waals surface area (Å²) in [5.41, 5.74) is 2.47. The highest BCUT2D eigenvalue weighted by molar-refractivity contribution is 5.80. The molecular weight excluding hydrogens is 298 g/mol. The number of benzene rings is 2. The third kappa shape index (κ3) is 3.03. The number of hydrogen-bond donors (Lipinski definition) is 0. The van der Waals surface area contributed by atoms with Gasteiger partial charge in [-0.25, -0.2) is 0 Å². The summed E-state index contributed by atoms with van der Waals surface area (Å²) in [6, 6.07) is 18.9. The molecule has 3 heteroatoms. The fourth-order valence-corrected chi connectivity index (χ4v) is 3.95. The van der Waals surface area contributed by atoms with E-state index in [1.54, 1.807) is 0 Å². The van der Waals surface area contributed by atoms with E-state index in [1.807, 2.05) is 24.3 Å². The van der Waals surface area contributed by atoms with Gasteiger partial charge in [0.1, 0.15) is 12.4 Å². The Balaban J connectivity index is 1.46. The number of rotatable bonds is 3. The van der Waals surface area contributed by atoms with Crippen molar-refractivity contribution in [1.82, 2.24) is 4.90 Å². The van der Waals surface area contributed by atoms with Gasteiger partial charge in [-0.2, -0.15) is 0 Å². The van der Waals surface area contributed by atoms with Gasteiger partial charge in [0.05, 0.1) is 5.92 Å². The highest BCUT2D eigenvalue weighted by Crippen LogP contribution is 2.30. The minimum absolute atomic E-state index is 0.0451. The molecule has 2 aliphatic rings. The average molecular weight is 321 g/mol. The van der Waals surface area contributed by atoms with Gasteiger partial charge in [-0.1, -0.05) is 48.5 Å². The fraction of sp³-hybridized carbons (Fsp3) is 0.381. The number of hydrogen-bond acceptors (Lipinski definition) is 2. The van der Waals surface area contributed by atoms with Crippen LogP contribution in [0.5, 0.6) is 5.75 Å². The molecule has 2 aromatic rings. The molecule has 1 fully saturated rings. The Kier molecular flexibility index (Phi) is 4.24. The summed E-state index contributed by atoms with van der Waals surface area (Å²) in [5.74, 6) is 1.16. The lowest BCUT2D eigenvalue weighted by Gasteiger charge is -2.31. The minimum Gasteiger partial charge on any atom is -0.492 e. The predicted octanol–water partition coefficient (Wildman–Crippen LogP) is 3.47. The topological polar surface area (TPSA) is 29.5 Å². The second-order valence-corrected chi connectivity index (χ2v) is 6.84. The van der Waals surface area contributed by atoms with Crippen LogP contribution in [0.1, 0.15) is 24.0 Å². The van der Waals surface area contributed by atoms with Gasteiger partial charge in [-0.05, 0) is 42.9 Å². The van der Waals surface area contributed by atoms with Crippen LogP contribution in [0, 0.1) is 5.92 Å². The number of nitrogens with zero attached hydrogens (tertiary/aromatic N) is 1. The molecule has 0 spiro atoms. The lowest BCUT2D eigenvalue weighted by Crippen LogP contribution is -2.44.